The molecule has 29 heavy (non-hydrogen) atoms. The summed E-state index contributed by atoms with van der Waals surface area (Å²) >= 11 is 1.29. The normalized spacial score (nSPS) is 19.7. The minimum absolute atomic E-state index is 0.105. The zero-order chi connectivity index (χ0) is 20.8. The Kier molecular flexibility index (Phi) is 7.35. The summed E-state index contributed by atoms with van der Waals surface area (Å²) in [6, 6.07) is 7.61. The number of nitrogens with one attached hydrogen (secondary N) is 1. The van der Waals surface area contributed by atoms with Gasteiger partial charge in [-0.1, -0.05) is 12.1 Å². The number of aromatic nitrogens is 1. The molecule has 1 aliphatic heterocycles. The van der Waals surface area contributed by atoms with E-state index in [1.54, 1.807) is 12.3 Å². The second-order valence-corrected chi connectivity index (χ2v) is 8.09. The van der Waals surface area contributed by atoms with Crippen molar-refractivity contribution in [1.29, 1.82) is 0 Å². The molecule has 1 aliphatic rings. The number of esters is 1. The molecule has 7 nitrogen and oxygen atoms in total. The lowest BCUT2D eigenvalue weighted by Crippen LogP contribution is -2.44. The Labute approximate surface area is 175 Å². The number of carbonyl (C=O) groups is 2. The predicted molar refractivity (Wildman–Crippen MR) is 112 cm³/mol. The summed E-state index contributed by atoms with van der Waals surface area (Å²) < 4.78 is 10.7. The van der Waals surface area contributed by atoms with E-state index in [0.717, 1.165) is 25.2 Å². The molecule has 8 heteroatoms. The predicted octanol–water partition coefficient (Wildman–Crippen LogP) is 3.11. The van der Waals surface area contributed by atoms with E-state index in [4.69, 9.17) is 9.47 Å². The summed E-state index contributed by atoms with van der Waals surface area (Å²) in [5, 5.41) is 5.00. The zero-order valence-corrected chi connectivity index (χ0v) is 17.8. The van der Waals surface area contributed by atoms with Gasteiger partial charge in [-0.3, -0.25) is 19.8 Å². The fourth-order valence-corrected chi connectivity index (χ4v) is 4.11. The van der Waals surface area contributed by atoms with Gasteiger partial charge in [-0.25, -0.2) is 4.98 Å². The number of hydrogen-bond acceptors (Lipinski definition) is 7. The standard InChI is InChI=1S/C21H27N3O4S/c1-4-27-19(25)9-18-13-29-21(22-18)23-20(26)17-7-5-16(6-8-17)12-24-10-14(2)28-15(3)11-24/h5-8,13-15H,4,9-12H2,1-3H3,(H,22,23,26). The molecule has 0 aliphatic carbocycles. The largest absolute Gasteiger partial charge is 0.466 e. The van der Waals surface area contributed by atoms with E-state index in [2.05, 4.69) is 29.0 Å². The van der Waals surface area contributed by atoms with Crippen molar-refractivity contribution in [1.82, 2.24) is 9.88 Å². The Hall–Kier alpha value is -2.29. The lowest BCUT2D eigenvalue weighted by atomic mass is 10.1. The monoisotopic (exact) mass is 417 g/mol. The van der Waals surface area contributed by atoms with E-state index in [9.17, 15) is 9.59 Å². The highest BCUT2D eigenvalue weighted by Crippen LogP contribution is 2.18. The van der Waals surface area contributed by atoms with Crippen LogP contribution in [0.5, 0.6) is 0 Å². The van der Waals surface area contributed by atoms with Crippen LogP contribution in [0.2, 0.25) is 0 Å². The van der Waals surface area contributed by atoms with E-state index in [-0.39, 0.29) is 30.5 Å². The molecule has 0 spiro atoms. The van der Waals surface area contributed by atoms with Crippen LogP contribution in [0.25, 0.3) is 0 Å². The molecule has 2 atom stereocenters. The van der Waals surface area contributed by atoms with Crippen molar-refractivity contribution in [2.45, 2.75) is 45.9 Å². The Morgan fingerprint density at radius 3 is 2.59 bits per heavy atom. The van der Waals surface area contributed by atoms with Crippen molar-refractivity contribution >= 4 is 28.3 Å². The fraction of sp³-hybridized carbons (Fsp3) is 0.476. The van der Waals surface area contributed by atoms with Crippen LogP contribution in [0.4, 0.5) is 5.13 Å². The van der Waals surface area contributed by atoms with E-state index >= 15 is 0 Å². The van der Waals surface area contributed by atoms with Crippen molar-refractivity contribution < 1.29 is 19.1 Å². The van der Waals surface area contributed by atoms with Gasteiger partial charge < -0.3 is 9.47 Å². The SMILES string of the molecule is CCOC(=O)Cc1csc(NC(=O)c2ccc(CN3CC(C)OC(C)C3)cc2)n1. The number of benzene rings is 1. The van der Waals surface area contributed by atoms with Gasteiger partial charge in [0.05, 0.1) is 30.9 Å². The summed E-state index contributed by atoms with van der Waals surface area (Å²) in [5.74, 6) is -0.544. The number of carbonyl (C=O) groups excluding carboxylic acids is 2. The van der Waals surface area contributed by atoms with Crippen molar-refractivity contribution in [2.75, 3.05) is 25.0 Å². The second-order valence-electron chi connectivity index (χ2n) is 7.23. The first-order valence-electron chi connectivity index (χ1n) is 9.81. The minimum atomic E-state index is -0.324. The van der Waals surface area contributed by atoms with Crippen LogP contribution in [-0.4, -0.2) is 53.7 Å². The van der Waals surface area contributed by atoms with E-state index in [1.165, 1.54) is 11.3 Å². The molecule has 3 rings (SSSR count). The van der Waals surface area contributed by atoms with Crippen LogP contribution in [-0.2, 0) is 27.2 Å². The molecule has 1 aromatic heterocycles. The van der Waals surface area contributed by atoms with E-state index < -0.39 is 0 Å². The summed E-state index contributed by atoms with van der Waals surface area (Å²) in [6.07, 6.45) is 0.569. The molecular weight excluding hydrogens is 390 g/mol. The Balaban J connectivity index is 1.54. The Bertz CT molecular complexity index is 827. The Morgan fingerprint density at radius 1 is 1.24 bits per heavy atom. The third-order valence-corrected chi connectivity index (χ3v) is 5.33. The minimum Gasteiger partial charge on any atom is -0.466 e. The topological polar surface area (TPSA) is 80.8 Å². The van der Waals surface area contributed by atoms with E-state index in [1.807, 2.05) is 24.3 Å². The number of hydrogen-bond donors (Lipinski definition) is 1. The van der Waals surface area contributed by atoms with Gasteiger partial charge in [0.1, 0.15) is 0 Å². The average Bonchev–Trinajstić information content (AvgIpc) is 3.08. The third-order valence-electron chi connectivity index (χ3n) is 4.52. The summed E-state index contributed by atoms with van der Waals surface area (Å²) in [6.45, 7) is 8.93. The molecular formula is C21H27N3O4S. The van der Waals surface area contributed by atoms with Crippen molar-refractivity contribution in [3.8, 4) is 0 Å². The summed E-state index contributed by atoms with van der Waals surface area (Å²) in [4.78, 5) is 30.6. The van der Waals surface area contributed by atoms with Gasteiger partial charge in [0, 0.05) is 30.6 Å². The summed E-state index contributed by atoms with van der Waals surface area (Å²) in [5.41, 5.74) is 2.32. The van der Waals surface area contributed by atoms with Crippen molar-refractivity contribution in [3.63, 3.8) is 0 Å². The maximum atomic E-state index is 12.5. The molecule has 1 amide bonds. The summed E-state index contributed by atoms with van der Waals surface area (Å²) in [7, 11) is 0. The number of morpholine rings is 1. The number of thiazole rings is 1. The quantitative estimate of drug-likeness (QED) is 0.697. The van der Waals surface area contributed by atoms with Crippen molar-refractivity contribution in [3.05, 3.63) is 46.5 Å². The first-order chi connectivity index (χ1) is 13.9. The van der Waals surface area contributed by atoms with Gasteiger partial charge in [0.25, 0.3) is 5.91 Å². The number of nitrogens with zero attached hydrogens (tertiary/aromatic N) is 2. The maximum Gasteiger partial charge on any atom is 0.311 e. The second kappa shape index (κ2) is 9.96. The number of anilines is 1. The highest BCUT2D eigenvalue weighted by molar-refractivity contribution is 7.14. The maximum absolute atomic E-state index is 12.5. The highest BCUT2D eigenvalue weighted by Gasteiger charge is 2.22. The molecule has 156 valence electrons. The molecule has 2 heterocycles. The molecule has 1 fully saturated rings. The number of ether oxygens (including phenoxy) is 2. The van der Waals surface area contributed by atoms with E-state index in [0.29, 0.717) is 23.0 Å². The average molecular weight is 418 g/mol. The molecule has 0 saturated carbocycles. The molecule has 1 N–H and O–H groups in total. The number of amides is 1. The molecule has 1 aromatic carbocycles. The highest BCUT2D eigenvalue weighted by atomic mass is 32.1. The smallest absolute Gasteiger partial charge is 0.311 e. The van der Waals surface area contributed by atoms with Gasteiger partial charge in [0.15, 0.2) is 5.13 Å². The van der Waals surface area contributed by atoms with Gasteiger partial charge in [0.2, 0.25) is 0 Å². The lowest BCUT2D eigenvalue weighted by molar-refractivity contribution is -0.142. The molecule has 0 bridgehead atoms. The fourth-order valence-electron chi connectivity index (χ4n) is 3.41. The molecule has 2 unspecified atom stereocenters. The Morgan fingerprint density at radius 2 is 1.93 bits per heavy atom. The van der Waals surface area contributed by atoms with Crippen LogP contribution >= 0.6 is 11.3 Å². The van der Waals surface area contributed by atoms with Gasteiger partial charge in [-0.2, -0.15) is 0 Å². The van der Waals surface area contributed by atoms with Crippen LogP contribution in [0, 0.1) is 0 Å². The first-order valence-corrected chi connectivity index (χ1v) is 10.7. The zero-order valence-electron chi connectivity index (χ0n) is 17.0. The number of rotatable bonds is 7. The molecule has 0 radical (unpaired) electrons. The van der Waals surface area contributed by atoms with Crippen LogP contribution in [0.1, 0.15) is 42.4 Å². The third kappa shape index (κ3) is 6.35. The van der Waals surface area contributed by atoms with Crippen LogP contribution in [0.3, 0.4) is 0 Å². The lowest BCUT2D eigenvalue weighted by Gasteiger charge is -2.35. The van der Waals surface area contributed by atoms with Crippen molar-refractivity contribution in [2.24, 2.45) is 0 Å². The van der Waals surface area contributed by atoms with Crippen LogP contribution < -0.4 is 5.32 Å². The van der Waals surface area contributed by atoms with Gasteiger partial charge in [-0.15, -0.1) is 11.3 Å². The molecule has 1 saturated heterocycles. The van der Waals surface area contributed by atoms with Gasteiger partial charge >= 0.3 is 5.97 Å². The molecule has 2 aromatic rings. The first kappa shape index (κ1) is 21.4. The van der Waals surface area contributed by atoms with Crippen LogP contribution in [0.15, 0.2) is 29.6 Å². The van der Waals surface area contributed by atoms with Gasteiger partial charge in [-0.05, 0) is 38.5 Å².